The number of aliphatic carboxylic acids is 1. The van der Waals surface area contributed by atoms with Gasteiger partial charge in [0.25, 0.3) is 5.91 Å². The van der Waals surface area contributed by atoms with Gasteiger partial charge >= 0.3 is 5.97 Å². The summed E-state index contributed by atoms with van der Waals surface area (Å²) in [6, 6.07) is 8.56. The topological polar surface area (TPSA) is 97.6 Å². The first kappa shape index (κ1) is 22.0. The SMILES string of the molecule is COc1cc2c(CC(=O)NC(C)C(=O)O)c(C)n(C(=O)c3ccc(C)cc3)c2cc1F. The van der Waals surface area contributed by atoms with Gasteiger partial charge in [-0.2, -0.15) is 0 Å². The molecule has 2 N–H and O–H groups in total. The van der Waals surface area contributed by atoms with Gasteiger partial charge in [-0.1, -0.05) is 17.7 Å². The number of aryl methyl sites for hydroxylation is 1. The number of rotatable bonds is 6. The molecule has 0 spiro atoms. The maximum absolute atomic E-state index is 14.5. The molecular weight excluding hydrogens is 403 g/mol. The van der Waals surface area contributed by atoms with Crippen LogP contribution in [0.15, 0.2) is 36.4 Å². The highest BCUT2D eigenvalue weighted by Gasteiger charge is 2.24. The lowest BCUT2D eigenvalue weighted by Gasteiger charge is -2.10. The second kappa shape index (κ2) is 8.59. The van der Waals surface area contributed by atoms with E-state index in [0.717, 1.165) is 5.56 Å². The minimum Gasteiger partial charge on any atom is -0.494 e. The Morgan fingerprint density at radius 1 is 1.16 bits per heavy atom. The average molecular weight is 426 g/mol. The van der Waals surface area contributed by atoms with Gasteiger partial charge in [0.1, 0.15) is 6.04 Å². The zero-order valence-electron chi connectivity index (χ0n) is 17.7. The Morgan fingerprint density at radius 3 is 2.39 bits per heavy atom. The number of benzene rings is 2. The van der Waals surface area contributed by atoms with Gasteiger partial charge in [-0.3, -0.25) is 19.0 Å². The van der Waals surface area contributed by atoms with E-state index < -0.39 is 23.7 Å². The van der Waals surface area contributed by atoms with Crippen LogP contribution in [0.3, 0.4) is 0 Å². The minimum atomic E-state index is -1.16. The predicted molar refractivity (Wildman–Crippen MR) is 113 cm³/mol. The summed E-state index contributed by atoms with van der Waals surface area (Å²) in [5.41, 5.74) is 2.66. The molecule has 2 aromatic carbocycles. The summed E-state index contributed by atoms with van der Waals surface area (Å²) in [4.78, 5) is 36.8. The summed E-state index contributed by atoms with van der Waals surface area (Å²) in [6.45, 7) is 4.93. The number of carbonyl (C=O) groups is 3. The molecule has 1 atom stereocenters. The number of hydrogen-bond acceptors (Lipinski definition) is 4. The molecule has 162 valence electrons. The molecular formula is C23H23FN2O5. The molecule has 7 nitrogen and oxygen atoms in total. The van der Waals surface area contributed by atoms with Crippen LogP contribution in [0.25, 0.3) is 10.9 Å². The highest BCUT2D eigenvalue weighted by molar-refractivity contribution is 6.05. The van der Waals surface area contributed by atoms with E-state index in [4.69, 9.17) is 9.84 Å². The molecule has 0 aliphatic heterocycles. The van der Waals surface area contributed by atoms with Gasteiger partial charge in [0, 0.05) is 22.7 Å². The molecule has 1 amide bonds. The van der Waals surface area contributed by atoms with Crippen molar-refractivity contribution in [1.29, 1.82) is 0 Å². The van der Waals surface area contributed by atoms with Crippen LogP contribution >= 0.6 is 0 Å². The van der Waals surface area contributed by atoms with Gasteiger partial charge in [0.2, 0.25) is 5.91 Å². The fraction of sp³-hybridized carbons (Fsp3) is 0.261. The van der Waals surface area contributed by atoms with Crippen LogP contribution < -0.4 is 10.1 Å². The molecule has 1 unspecified atom stereocenters. The van der Waals surface area contributed by atoms with E-state index in [1.165, 1.54) is 30.7 Å². The first-order valence-corrected chi connectivity index (χ1v) is 9.65. The lowest BCUT2D eigenvalue weighted by Crippen LogP contribution is -2.39. The first-order chi connectivity index (χ1) is 14.6. The van der Waals surface area contributed by atoms with Gasteiger partial charge < -0.3 is 15.2 Å². The summed E-state index contributed by atoms with van der Waals surface area (Å²) in [5.74, 6) is -2.71. The number of nitrogens with zero attached hydrogens (tertiary/aromatic N) is 1. The number of hydrogen-bond donors (Lipinski definition) is 2. The monoisotopic (exact) mass is 426 g/mol. The minimum absolute atomic E-state index is 0.0204. The lowest BCUT2D eigenvalue weighted by molar-refractivity contribution is -0.141. The van der Waals surface area contributed by atoms with Gasteiger partial charge in [-0.25, -0.2) is 4.39 Å². The van der Waals surface area contributed by atoms with Crippen molar-refractivity contribution in [3.05, 3.63) is 64.6 Å². The Morgan fingerprint density at radius 2 is 1.81 bits per heavy atom. The van der Waals surface area contributed by atoms with Crippen molar-refractivity contribution in [2.45, 2.75) is 33.2 Å². The van der Waals surface area contributed by atoms with E-state index in [2.05, 4.69) is 5.32 Å². The van der Waals surface area contributed by atoms with Gasteiger partial charge in [0.15, 0.2) is 11.6 Å². The number of nitrogens with one attached hydrogen (secondary N) is 1. The second-order valence-corrected chi connectivity index (χ2v) is 7.38. The van der Waals surface area contributed by atoms with E-state index in [1.54, 1.807) is 31.2 Å². The number of carboxylic acids is 1. The molecule has 3 rings (SSSR count). The van der Waals surface area contributed by atoms with Crippen molar-refractivity contribution in [3.63, 3.8) is 0 Å². The number of amides is 1. The number of carboxylic acid groups (broad SMARTS) is 1. The van der Waals surface area contributed by atoms with Crippen molar-refractivity contribution >= 4 is 28.7 Å². The summed E-state index contributed by atoms with van der Waals surface area (Å²) in [7, 11) is 1.33. The third-order valence-electron chi connectivity index (χ3n) is 5.20. The maximum atomic E-state index is 14.5. The Bertz CT molecular complexity index is 1180. The number of carbonyl (C=O) groups excluding carboxylic acids is 2. The molecule has 0 fully saturated rings. The molecule has 0 aliphatic carbocycles. The number of fused-ring (bicyclic) bond motifs is 1. The largest absolute Gasteiger partial charge is 0.494 e. The molecule has 1 heterocycles. The fourth-order valence-electron chi connectivity index (χ4n) is 3.46. The van der Waals surface area contributed by atoms with Crippen LogP contribution in [0, 0.1) is 19.7 Å². The van der Waals surface area contributed by atoms with Crippen molar-refractivity contribution in [2.24, 2.45) is 0 Å². The third-order valence-corrected chi connectivity index (χ3v) is 5.20. The quantitative estimate of drug-likeness (QED) is 0.631. The van der Waals surface area contributed by atoms with Crippen LogP contribution in [0.5, 0.6) is 5.75 Å². The van der Waals surface area contributed by atoms with Gasteiger partial charge in [-0.05, 0) is 44.5 Å². The van der Waals surface area contributed by atoms with Crippen LogP contribution in [0.2, 0.25) is 0 Å². The Kier molecular flexibility index (Phi) is 6.10. The second-order valence-electron chi connectivity index (χ2n) is 7.38. The predicted octanol–water partition coefficient (Wildman–Crippen LogP) is 3.23. The van der Waals surface area contributed by atoms with Crippen LogP contribution in [0.1, 0.15) is 34.1 Å². The number of halogens is 1. The van der Waals surface area contributed by atoms with E-state index in [1.807, 2.05) is 6.92 Å². The Balaban J connectivity index is 2.14. The van der Waals surface area contributed by atoms with Gasteiger partial charge in [-0.15, -0.1) is 0 Å². The highest BCUT2D eigenvalue weighted by Crippen LogP contribution is 2.32. The smallest absolute Gasteiger partial charge is 0.325 e. The molecule has 0 aliphatic rings. The van der Waals surface area contributed by atoms with Crippen molar-refractivity contribution in [1.82, 2.24) is 9.88 Å². The molecule has 8 heteroatoms. The highest BCUT2D eigenvalue weighted by atomic mass is 19.1. The zero-order valence-corrected chi connectivity index (χ0v) is 17.7. The van der Waals surface area contributed by atoms with Crippen LogP contribution in [-0.4, -0.2) is 40.6 Å². The van der Waals surface area contributed by atoms with E-state index in [9.17, 15) is 18.8 Å². The van der Waals surface area contributed by atoms with Crippen molar-refractivity contribution in [3.8, 4) is 5.75 Å². The normalized spacial score (nSPS) is 11.9. The summed E-state index contributed by atoms with van der Waals surface area (Å²) in [5, 5.41) is 11.9. The Labute approximate surface area is 178 Å². The van der Waals surface area contributed by atoms with Crippen LogP contribution in [-0.2, 0) is 16.0 Å². The average Bonchev–Trinajstić information content (AvgIpc) is 2.97. The molecule has 1 aromatic heterocycles. The molecule has 31 heavy (non-hydrogen) atoms. The lowest BCUT2D eigenvalue weighted by atomic mass is 10.1. The molecule has 0 bridgehead atoms. The van der Waals surface area contributed by atoms with E-state index >= 15 is 0 Å². The number of aromatic nitrogens is 1. The van der Waals surface area contributed by atoms with E-state index in [-0.39, 0.29) is 18.1 Å². The maximum Gasteiger partial charge on any atom is 0.325 e. The van der Waals surface area contributed by atoms with Gasteiger partial charge in [0.05, 0.1) is 19.0 Å². The Hall–Kier alpha value is -3.68. The molecule has 0 saturated heterocycles. The third kappa shape index (κ3) is 4.28. The summed E-state index contributed by atoms with van der Waals surface area (Å²) in [6.07, 6.45) is -0.178. The van der Waals surface area contributed by atoms with E-state index in [0.29, 0.717) is 27.7 Å². The molecule has 0 saturated carbocycles. The van der Waals surface area contributed by atoms with Crippen LogP contribution in [0.4, 0.5) is 4.39 Å². The number of ether oxygens (including phenoxy) is 1. The number of methoxy groups -OCH3 is 1. The summed E-state index contributed by atoms with van der Waals surface area (Å²) < 4.78 is 20.9. The van der Waals surface area contributed by atoms with Crippen molar-refractivity contribution < 1.29 is 28.6 Å². The molecule has 3 aromatic rings. The first-order valence-electron chi connectivity index (χ1n) is 9.65. The standard InChI is InChI=1S/C23H23FN2O5/c1-12-5-7-15(8-6-12)22(28)26-14(3)16(10-21(27)25-13(2)23(29)30)17-9-20(31-4)18(24)11-19(17)26/h5-9,11,13H,10H2,1-4H3,(H,25,27)(H,29,30). The van der Waals surface area contributed by atoms with Crippen molar-refractivity contribution in [2.75, 3.05) is 7.11 Å². The zero-order chi connectivity index (χ0) is 22.9. The fourth-order valence-corrected chi connectivity index (χ4v) is 3.46. The summed E-state index contributed by atoms with van der Waals surface area (Å²) >= 11 is 0. The molecule has 0 radical (unpaired) electrons.